The van der Waals surface area contributed by atoms with E-state index in [4.69, 9.17) is 23.7 Å². The summed E-state index contributed by atoms with van der Waals surface area (Å²) >= 11 is 8.29. The Morgan fingerprint density at radius 3 is 2.65 bits per heavy atom. The third kappa shape index (κ3) is 4.32. The fourth-order valence-electron chi connectivity index (χ4n) is 1.44. The second kappa shape index (κ2) is 5.97. The fraction of sp³-hybridized carbons (Fsp3) is 0.273. The van der Waals surface area contributed by atoms with E-state index in [0.29, 0.717) is 4.99 Å². The molecule has 1 aromatic carbocycles. The summed E-state index contributed by atoms with van der Waals surface area (Å²) in [5, 5.41) is 3.17. The second-order valence-electron chi connectivity index (χ2n) is 3.77. The zero-order valence-corrected chi connectivity index (χ0v) is 11.8. The number of nitrogens with one attached hydrogen (secondary N) is 1. The Bertz CT molecular complexity index is 450. The van der Waals surface area contributed by atoms with Gasteiger partial charge in [-0.15, -0.1) is 0 Å². The number of thiocarbonyl (C=S) groups is 1. The van der Waals surface area contributed by atoms with E-state index in [2.05, 4.69) is 21.2 Å². The molecule has 1 rings (SSSR count). The topological polar surface area (TPSA) is 81.1 Å². The van der Waals surface area contributed by atoms with Crippen molar-refractivity contribution < 1.29 is 4.79 Å². The van der Waals surface area contributed by atoms with E-state index in [9.17, 15) is 4.79 Å². The Hall–Kier alpha value is -1.14. The molecule has 0 spiro atoms. The van der Waals surface area contributed by atoms with Gasteiger partial charge in [0.1, 0.15) is 4.99 Å². The lowest BCUT2D eigenvalue weighted by Gasteiger charge is -2.14. The molecular weight excluding hydrogens is 302 g/mol. The number of hydrogen-bond donors (Lipinski definition) is 3. The molecule has 0 aromatic heterocycles. The molecule has 1 unspecified atom stereocenters. The Kier molecular flexibility index (Phi) is 4.89. The van der Waals surface area contributed by atoms with Crippen LogP contribution >= 0.6 is 28.1 Å². The molecule has 0 fully saturated rings. The van der Waals surface area contributed by atoms with Crippen molar-refractivity contribution in [3.05, 3.63) is 28.2 Å². The van der Waals surface area contributed by atoms with Gasteiger partial charge in [0, 0.05) is 28.2 Å². The van der Waals surface area contributed by atoms with Crippen molar-refractivity contribution >= 4 is 44.7 Å². The van der Waals surface area contributed by atoms with E-state index in [1.54, 1.807) is 0 Å². The molecule has 1 aromatic rings. The molecule has 0 radical (unpaired) electrons. The minimum Gasteiger partial charge on any atom is -0.389 e. The van der Waals surface area contributed by atoms with E-state index in [1.807, 2.05) is 25.1 Å². The third-order valence-electron chi connectivity index (χ3n) is 2.15. The molecule has 0 bridgehead atoms. The van der Waals surface area contributed by atoms with Crippen LogP contribution in [0.2, 0.25) is 0 Å². The predicted octanol–water partition coefficient (Wildman–Crippen LogP) is 1.76. The minimum absolute atomic E-state index is 0.0184. The van der Waals surface area contributed by atoms with E-state index < -0.39 is 0 Å². The molecule has 0 saturated heterocycles. The first-order valence-electron chi connectivity index (χ1n) is 5.04. The number of hydrogen-bond acceptors (Lipinski definition) is 3. The van der Waals surface area contributed by atoms with Crippen LogP contribution < -0.4 is 16.8 Å². The zero-order valence-electron chi connectivity index (χ0n) is 9.37. The Morgan fingerprint density at radius 1 is 1.53 bits per heavy atom. The highest BCUT2D eigenvalue weighted by atomic mass is 79.9. The average molecular weight is 316 g/mol. The van der Waals surface area contributed by atoms with Crippen LogP contribution in [0.25, 0.3) is 0 Å². The molecule has 0 aliphatic heterocycles. The minimum atomic E-state index is -0.330. The van der Waals surface area contributed by atoms with Crippen molar-refractivity contribution in [2.24, 2.45) is 11.5 Å². The maximum Gasteiger partial charge on any atom is 0.219 e. The van der Waals surface area contributed by atoms with Gasteiger partial charge in [0.25, 0.3) is 0 Å². The molecular formula is C11H14BrN3OS. The first kappa shape index (κ1) is 13.9. The van der Waals surface area contributed by atoms with Gasteiger partial charge in [-0.2, -0.15) is 0 Å². The first-order valence-corrected chi connectivity index (χ1v) is 6.24. The lowest BCUT2D eigenvalue weighted by molar-refractivity contribution is -0.118. The highest BCUT2D eigenvalue weighted by Crippen LogP contribution is 2.22. The normalized spacial score (nSPS) is 11.9. The van der Waals surface area contributed by atoms with Gasteiger partial charge in [0.05, 0.1) is 0 Å². The molecule has 1 amide bonds. The third-order valence-corrected chi connectivity index (χ3v) is 3.03. The van der Waals surface area contributed by atoms with E-state index in [1.165, 1.54) is 0 Å². The molecule has 92 valence electrons. The number of halogens is 1. The van der Waals surface area contributed by atoms with E-state index in [-0.39, 0.29) is 18.4 Å². The summed E-state index contributed by atoms with van der Waals surface area (Å²) in [6.45, 7) is 1.89. The van der Waals surface area contributed by atoms with Crippen LogP contribution in [-0.2, 0) is 4.79 Å². The summed E-state index contributed by atoms with van der Waals surface area (Å²) < 4.78 is 0.821. The Morgan fingerprint density at radius 2 is 2.18 bits per heavy atom. The Balaban J connectivity index is 2.77. The quantitative estimate of drug-likeness (QED) is 0.723. The number of anilines is 1. The van der Waals surface area contributed by atoms with Crippen molar-refractivity contribution in [1.82, 2.24) is 0 Å². The molecule has 0 heterocycles. The van der Waals surface area contributed by atoms with Gasteiger partial charge in [0.2, 0.25) is 5.91 Å². The molecule has 0 saturated carbocycles. The lowest BCUT2D eigenvalue weighted by atomic mass is 10.1. The maximum atomic E-state index is 10.7. The average Bonchev–Trinajstić information content (AvgIpc) is 2.15. The van der Waals surface area contributed by atoms with Crippen LogP contribution in [0, 0.1) is 0 Å². The molecule has 6 heteroatoms. The van der Waals surface area contributed by atoms with Crippen LogP contribution in [0.4, 0.5) is 5.69 Å². The largest absolute Gasteiger partial charge is 0.389 e. The summed E-state index contributed by atoms with van der Waals surface area (Å²) in [7, 11) is 0. The van der Waals surface area contributed by atoms with Gasteiger partial charge >= 0.3 is 0 Å². The molecule has 0 aliphatic carbocycles. The highest BCUT2D eigenvalue weighted by Gasteiger charge is 2.08. The van der Waals surface area contributed by atoms with Crippen LogP contribution in [0.1, 0.15) is 18.9 Å². The maximum absolute atomic E-state index is 10.7. The zero-order chi connectivity index (χ0) is 13.0. The van der Waals surface area contributed by atoms with Crippen molar-refractivity contribution in [3.8, 4) is 0 Å². The smallest absolute Gasteiger partial charge is 0.219 e. The van der Waals surface area contributed by atoms with Crippen molar-refractivity contribution in [2.45, 2.75) is 19.4 Å². The number of nitrogens with two attached hydrogens (primary N) is 2. The predicted molar refractivity (Wildman–Crippen MR) is 76.9 cm³/mol. The van der Waals surface area contributed by atoms with Gasteiger partial charge in [-0.1, -0.05) is 12.2 Å². The van der Waals surface area contributed by atoms with Gasteiger partial charge < -0.3 is 16.8 Å². The molecule has 0 aliphatic rings. The first-order chi connectivity index (χ1) is 7.90. The number of benzene rings is 1. The molecule has 17 heavy (non-hydrogen) atoms. The highest BCUT2D eigenvalue weighted by molar-refractivity contribution is 9.10. The lowest BCUT2D eigenvalue weighted by Crippen LogP contribution is -2.24. The van der Waals surface area contributed by atoms with E-state index >= 15 is 0 Å². The van der Waals surface area contributed by atoms with Crippen molar-refractivity contribution in [3.63, 3.8) is 0 Å². The van der Waals surface area contributed by atoms with Crippen LogP contribution in [0.15, 0.2) is 22.7 Å². The second-order valence-corrected chi connectivity index (χ2v) is 5.07. The van der Waals surface area contributed by atoms with Crippen molar-refractivity contribution in [2.75, 3.05) is 5.32 Å². The Labute approximate surface area is 114 Å². The van der Waals surface area contributed by atoms with Crippen molar-refractivity contribution in [1.29, 1.82) is 0 Å². The number of carbonyl (C=O) groups excluding carboxylic acids is 1. The van der Waals surface area contributed by atoms with Gasteiger partial charge in [-0.3, -0.25) is 4.79 Å². The summed E-state index contributed by atoms with van der Waals surface area (Å²) in [6.07, 6.45) is 0.286. The van der Waals surface area contributed by atoms with Gasteiger partial charge in [-0.05, 0) is 41.1 Å². The summed E-state index contributed by atoms with van der Waals surface area (Å²) in [5.41, 5.74) is 12.3. The molecule has 5 N–H and O–H groups in total. The number of rotatable bonds is 5. The fourth-order valence-corrected chi connectivity index (χ4v) is 2.34. The van der Waals surface area contributed by atoms with Gasteiger partial charge in [-0.25, -0.2) is 0 Å². The van der Waals surface area contributed by atoms with E-state index in [0.717, 1.165) is 15.7 Å². The monoisotopic (exact) mass is 315 g/mol. The van der Waals surface area contributed by atoms with Gasteiger partial charge in [0.15, 0.2) is 0 Å². The summed E-state index contributed by atoms with van der Waals surface area (Å²) in [6, 6.07) is 5.53. The van der Waals surface area contributed by atoms with Crippen LogP contribution in [0.5, 0.6) is 0 Å². The SMILES string of the molecule is CC(CC(N)=O)Nc1ccc(C(N)=S)c(Br)c1. The molecule has 4 nitrogen and oxygen atoms in total. The number of carbonyl (C=O) groups is 1. The standard InChI is InChI=1S/C11H14BrN3OS/c1-6(4-10(13)16)15-7-2-3-8(11(14)17)9(12)5-7/h2-3,5-6,15H,4H2,1H3,(H2,13,16)(H2,14,17). The summed E-state index contributed by atoms with van der Waals surface area (Å²) in [5.74, 6) is -0.330. The molecule has 1 atom stereocenters. The van der Waals surface area contributed by atoms with Crippen LogP contribution in [-0.4, -0.2) is 16.9 Å². The van der Waals surface area contributed by atoms with Crippen LogP contribution in [0.3, 0.4) is 0 Å². The number of amides is 1. The number of primary amides is 1. The summed E-state index contributed by atoms with van der Waals surface area (Å²) in [4.78, 5) is 11.1.